The first-order valence-corrected chi connectivity index (χ1v) is 7.35. The van der Waals surface area contributed by atoms with Gasteiger partial charge in [0.25, 0.3) is 0 Å². The average Bonchev–Trinajstić information content (AvgIpc) is 2.47. The predicted molar refractivity (Wildman–Crippen MR) is 79.2 cm³/mol. The molecular weight excluding hydrogens is 236 g/mol. The first-order chi connectivity index (χ1) is 9.29. The summed E-state index contributed by atoms with van der Waals surface area (Å²) in [5.74, 6) is 0. The Bertz CT molecular complexity index is 349. The number of hydrogen-bond acceptors (Lipinski definition) is 3. The zero-order valence-corrected chi connectivity index (χ0v) is 11.9. The smallest absolute Gasteiger partial charge is 0.0702 e. The highest BCUT2D eigenvalue weighted by atomic mass is 16.5. The standard InChI is InChI=1S/C16H26N2O/c1-18(13-16-9-5-6-10-19-16)15(12-17)11-14-7-3-2-4-8-14/h2-4,7-8,15-16H,5-6,9-13,17H2,1H3. The molecule has 1 fully saturated rings. The van der Waals surface area contributed by atoms with Gasteiger partial charge in [-0.3, -0.25) is 4.90 Å². The summed E-state index contributed by atoms with van der Waals surface area (Å²) in [6, 6.07) is 11.0. The molecule has 0 amide bonds. The second-order valence-electron chi connectivity index (χ2n) is 5.51. The lowest BCUT2D eigenvalue weighted by molar-refractivity contribution is -0.00754. The highest BCUT2D eigenvalue weighted by Crippen LogP contribution is 2.15. The number of benzene rings is 1. The van der Waals surface area contributed by atoms with E-state index in [9.17, 15) is 0 Å². The maximum Gasteiger partial charge on any atom is 0.0702 e. The fourth-order valence-corrected chi connectivity index (χ4v) is 2.73. The fraction of sp³-hybridized carbons (Fsp3) is 0.625. The number of nitrogens with zero attached hydrogens (tertiary/aromatic N) is 1. The lowest BCUT2D eigenvalue weighted by Crippen LogP contribution is -2.44. The molecule has 0 saturated carbocycles. The van der Waals surface area contributed by atoms with Crippen molar-refractivity contribution in [3.8, 4) is 0 Å². The number of nitrogens with two attached hydrogens (primary N) is 1. The molecule has 2 rings (SSSR count). The minimum atomic E-state index is 0.392. The van der Waals surface area contributed by atoms with Crippen molar-refractivity contribution in [2.45, 2.75) is 37.8 Å². The third-order valence-corrected chi connectivity index (χ3v) is 3.98. The Balaban J connectivity index is 1.85. The molecule has 3 heteroatoms. The fourth-order valence-electron chi connectivity index (χ4n) is 2.73. The maximum atomic E-state index is 5.94. The van der Waals surface area contributed by atoms with Gasteiger partial charge >= 0.3 is 0 Å². The largest absolute Gasteiger partial charge is 0.377 e. The third-order valence-electron chi connectivity index (χ3n) is 3.98. The summed E-state index contributed by atoms with van der Waals surface area (Å²) in [6.45, 7) is 2.61. The van der Waals surface area contributed by atoms with Crippen LogP contribution in [-0.2, 0) is 11.2 Å². The Labute approximate surface area is 116 Å². The van der Waals surface area contributed by atoms with Gasteiger partial charge in [-0.05, 0) is 38.3 Å². The summed E-state index contributed by atoms with van der Waals surface area (Å²) in [6.07, 6.45) is 5.10. The minimum absolute atomic E-state index is 0.392. The SMILES string of the molecule is CN(CC1CCCCO1)C(CN)Cc1ccccc1. The maximum absolute atomic E-state index is 5.94. The molecular formula is C16H26N2O. The van der Waals surface area contributed by atoms with Crippen molar-refractivity contribution < 1.29 is 4.74 Å². The molecule has 0 aliphatic carbocycles. The van der Waals surface area contributed by atoms with Crippen LogP contribution in [0.2, 0.25) is 0 Å². The van der Waals surface area contributed by atoms with Gasteiger partial charge < -0.3 is 10.5 Å². The predicted octanol–water partition coefficient (Wildman–Crippen LogP) is 2.06. The van der Waals surface area contributed by atoms with Crippen LogP contribution in [0.3, 0.4) is 0 Å². The summed E-state index contributed by atoms with van der Waals surface area (Å²) < 4.78 is 5.81. The van der Waals surface area contributed by atoms with Gasteiger partial charge in [0.2, 0.25) is 0 Å². The molecule has 1 aromatic carbocycles. The Morgan fingerprint density at radius 1 is 1.32 bits per heavy atom. The molecule has 1 saturated heterocycles. The van der Waals surface area contributed by atoms with E-state index in [1.54, 1.807) is 0 Å². The Hall–Kier alpha value is -0.900. The summed E-state index contributed by atoms with van der Waals surface area (Å²) in [5, 5.41) is 0. The normalized spacial score (nSPS) is 21.5. The highest BCUT2D eigenvalue weighted by Gasteiger charge is 2.20. The van der Waals surface area contributed by atoms with E-state index in [-0.39, 0.29) is 0 Å². The molecule has 2 unspecified atom stereocenters. The van der Waals surface area contributed by atoms with E-state index in [0.717, 1.165) is 19.6 Å². The molecule has 0 radical (unpaired) electrons. The van der Waals surface area contributed by atoms with E-state index < -0.39 is 0 Å². The van der Waals surface area contributed by atoms with Crippen molar-refractivity contribution in [3.05, 3.63) is 35.9 Å². The third kappa shape index (κ3) is 4.60. The zero-order chi connectivity index (χ0) is 13.5. The van der Waals surface area contributed by atoms with Crippen molar-refractivity contribution in [1.29, 1.82) is 0 Å². The van der Waals surface area contributed by atoms with Crippen LogP contribution in [0.15, 0.2) is 30.3 Å². The van der Waals surface area contributed by atoms with Gasteiger partial charge in [-0.2, -0.15) is 0 Å². The molecule has 19 heavy (non-hydrogen) atoms. The van der Waals surface area contributed by atoms with Crippen molar-refractivity contribution in [2.75, 3.05) is 26.7 Å². The number of hydrogen-bond donors (Lipinski definition) is 1. The van der Waals surface area contributed by atoms with Crippen LogP contribution < -0.4 is 5.73 Å². The first-order valence-electron chi connectivity index (χ1n) is 7.35. The van der Waals surface area contributed by atoms with Gasteiger partial charge in [0.1, 0.15) is 0 Å². The van der Waals surface area contributed by atoms with Crippen LogP contribution >= 0.6 is 0 Å². The van der Waals surface area contributed by atoms with Crippen LogP contribution in [0.4, 0.5) is 0 Å². The molecule has 0 aromatic heterocycles. The number of rotatable bonds is 6. The molecule has 1 aliphatic heterocycles. The summed E-state index contributed by atoms with van der Waals surface area (Å²) >= 11 is 0. The molecule has 1 aromatic rings. The van der Waals surface area contributed by atoms with Crippen molar-refractivity contribution in [1.82, 2.24) is 4.90 Å². The van der Waals surface area contributed by atoms with Gasteiger partial charge in [0, 0.05) is 25.7 Å². The van der Waals surface area contributed by atoms with Crippen LogP contribution in [0, 0.1) is 0 Å². The summed E-state index contributed by atoms with van der Waals surface area (Å²) in [5.41, 5.74) is 7.30. The zero-order valence-electron chi connectivity index (χ0n) is 11.9. The summed E-state index contributed by atoms with van der Waals surface area (Å²) in [4.78, 5) is 2.36. The summed E-state index contributed by atoms with van der Waals surface area (Å²) in [7, 11) is 2.17. The lowest BCUT2D eigenvalue weighted by Gasteiger charge is -2.32. The molecule has 0 spiro atoms. The van der Waals surface area contributed by atoms with E-state index in [1.165, 1.54) is 24.8 Å². The van der Waals surface area contributed by atoms with Crippen molar-refractivity contribution in [2.24, 2.45) is 5.73 Å². The minimum Gasteiger partial charge on any atom is -0.377 e. The van der Waals surface area contributed by atoms with E-state index >= 15 is 0 Å². The molecule has 1 heterocycles. The van der Waals surface area contributed by atoms with Gasteiger partial charge in [0.15, 0.2) is 0 Å². The average molecular weight is 262 g/mol. The topological polar surface area (TPSA) is 38.5 Å². The molecule has 2 atom stereocenters. The Morgan fingerprint density at radius 2 is 2.11 bits per heavy atom. The van der Waals surface area contributed by atoms with Crippen molar-refractivity contribution >= 4 is 0 Å². The second-order valence-corrected chi connectivity index (χ2v) is 5.51. The Morgan fingerprint density at radius 3 is 2.74 bits per heavy atom. The van der Waals surface area contributed by atoms with E-state index in [0.29, 0.717) is 18.7 Å². The molecule has 106 valence electrons. The molecule has 3 nitrogen and oxygen atoms in total. The highest BCUT2D eigenvalue weighted by molar-refractivity contribution is 5.16. The van der Waals surface area contributed by atoms with Gasteiger partial charge in [-0.1, -0.05) is 30.3 Å². The van der Waals surface area contributed by atoms with E-state index in [1.807, 2.05) is 0 Å². The van der Waals surface area contributed by atoms with Gasteiger partial charge in [-0.15, -0.1) is 0 Å². The second kappa shape index (κ2) is 7.63. The molecule has 1 aliphatic rings. The lowest BCUT2D eigenvalue weighted by atomic mass is 10.0. The Kier molecular flexibility index (Phi) is 5.83. The molecule has 2 N–H and O–H groups in total. The number of likely N-dealkylation sites (N-methyl/N-ethyl adjacent to an activating group) is 1. The van der Waals surface area contributed by atoms with Crippen LogP contribution in [0.25, 0.3) is 0 Å². The molecule has 0 bridgehead atoms. The van der Waals surface area contributed by atoms with E-state index in [2.05, 4.69) is 42.3 Å². The van der Waals surface area contributed by atoms with E-state index in [4.69, 9.17) is 10.5 Å². The van der Waals surface area contributed by atoms with Crippen LogP contribution in [0.5, 0.6) is 0 Å². The quantitative estimate of drug-likeness (QED) is 0.853. The monoisotopic (exact) mass is 262 g/mol. The van der Waals surface area contributed by atoms with Crippen molar-refractivity contribution in [3.63, 3.8) is 0 Å². The van der Waals surface area contributed by atoms with Crippen LogP contribution in [-0.4, -0.2) is 43.8 Å². The van der Waals surface area contributed by atoms with Gasteiger partial charge in [-0.25, -0.2) is 0 Å². The van der Waals surface area contributed by atoms with Crippen LogP contribution in [0.1, 0.15) is 24.8 Å². The number of ether oxygens (including phenoxy) is 1. The first kappa shape index (κ1) is 14.5. The van der Waals surface area contributed by atoms with Gasteiger partial charge in [0.05, 0.1) is 6.10 Å².